The van der Waals surface area contributed by atoms with Gasteiger partial charge in [0.15, 0.2) is 0 Å². The van der Waals surface area contributed by atoms with Crippen LogP contribution in [0.4, 0.5) is 0 Å². The number of nitrogens with one attached hydrogen (secondary N) is 1. The van der Waals surface area contributed by atoms with E-state index in [1.165, 1.54) is 37.7 Å². The molecule has 2 unspecified atom stereocenters. The average Bonchev–Trinajstić information content (AvgIpc) is 3.02. The Morgan fingerprint density at radius 1 is 1.28 bits per heavy atom. The minimum absolute atomic E-state index is 0.321. The molecule has 1 aromatic carbocycles. The first-order chi connectivity index (χ1) is 8.77. The third-order valence-corrected chi connectivity index (χ3v) is 4.61. The summed E-state index contributed by atoms with van der Waals surface area (Å²) in [7, 11) is 0. The zero-order chi connectivity index (χ0) is 12.4. The Morgan fingerprint density at radius 3 is 2.72 bits per heavy atom. The van der Waals surface area contributed by atoms with Crippen LogP contribution >= 0.6 is 0 Å². The first-order valence-electron chi connectivity index (χ1n) is 7.25. The van der Waals surface area contributed by atoms with E-state index in [-0.39, 0.29) is 0 Å². The van der Waals surface area contributed by atoms with Crippen molar-refractivity contribution in [3.8, 4) is 0 Å². The van der Waals surface area contributed by atoms with E-state index >= 15 is 0 Å². The van der Waals surface area contributed by atoms with Crippen molar-refractivity contribution in [3.05, 3.63) is 35.9 Å². The lowest BCUT2D eigenvalue weighted by Gasteiger charge is -2.20. The summed E-state index contributed by atoms with van der Waals surface area (Å²) in [5.74, 6) is 0.578. The van der Waals surface area contributed by atoms with E-state index in [1.54, 1.807) is 0 Å². The Labute approximate surface area is 110 Å². The SMILES string of the molecule is CC(CC1CC2(CCCC2)NO1)c1ccccc1. The molecular weight excluding hydrogens is 222 g/mol. The van der Waals surface area contributed by atoms with E-state index in [0.717, 1.165) is 6.42 Å². The maximum Gasteiger partial charge on any atom is 0.0814 e. The van der Waals surface area contributed by atoms with Crippen molar-refractivity contribution in [1.82, 2.24) is 5.48 Å². The van der Waals surface area contributed by atoms with Crippen LogP contribution in [0.3, 0.4) is 0 Å². The molecule has 2 heteroatoms. The minimum atomic E-state index is 0.321. The molecule has 0 radical (unpaired) electrons. The fourth-order valence-corrected chi connectivity index (χ4v) is 3.53. The first-order valence-corrected chi connectivity index (χ1v) is 7.25. The van der Waals surface area contributed by atoms with Crippen LogP contribution in [0.25, 0.3) is 0 Å². The van der Waals surface area contributed by atoms with E-state index < -0.39 is 0 Å². The number of hydroxylamine groups is 1. The van der Waals surface area contributed by atoms with Gasteiger partial charge in [-0.3, -0.25) is 4.84 Å². The molecule has 0 amide bonds. The molecule has 18 heavy (non-hydrogen) atoms. The summed E-state index contributed by atoms with van der Waals surface area (Å²) in [5.41, 5.74) is 5.08. The van der Waals surface area contributed by atoms with Crippen LogP contribution in [0.5, 0.6) is 0 Å². The van der Waals surface area contributed by atoms with Gasteiger partial charge >= 0.3 is 0 Å². The molecule has 1 aromatic rings. The van der Waals surface area contributed by atoms with Gasteiger partial charge in [-0.1, -0.05) is 50.1 Å². The van der Waals surface area contributed by atoms with E-state index in [2.05, 4.69) is 42.7 Å². The van der Waals surface area contributed by atoms with Crippen molar-refractivity contribution >= 4 is 0 Å². The third kappa shape index (κ3) is 2.45. The second kappa shape index (κ2) is 5.02. The molecule has 1 saturated carbocycles. The lowest BCUT2D eigenvalue weighted by atomic mass is 9.87. The van der Waals surface area contributed by atoms with Crippen LogP contribution in [-0.2, 0) is 4.84 Å². The summed E-state index contributed by atoms with van der Waals surface area (Å²) in [4.78, 5) is 5.83. The summed E-state index contributed by atoms with van der Waals surface area (Å²) >= 11 is 0. The van der Waals surface area contributed by atoms with Gasteiger partial charge in [0.25, 0.3) is 0 Å². The van der Waals surface area contributed by atoms with Gasteiger partial charge < -0.3 is 0 Å². The van der Waals surface area contributed by atoms with Crippen molar-refractivity contribution in [1.29, 1.82) is 0 Å². The number of hydrogen-bond acceptors (Lipinski definition) is 2. The summed E-state index contributed by atoms with van der Waals surface area (Å²) < 4.78 is 0. The van der Waals surface area contributed by atoms with Gasteiger partial charge in [-0.25, -0.2) is 0 Å². The molecule has 98 valence electrons. The smallest absolute Gasteiger partial charge is 0.0814 e. The molecule has 1 saturated heterocycles. The normalized spacial score (nSPS) is 27.7. The van der Waals surface area contributed by atoms with Crippen LogP contribution in [0.15, 0.2) is 30.3 Å². The highest BCUT2D eigenvalue weighted by Crippen LogP contribution is 2.39. The van der Waals surface area contributed by atoms with Crippen LogP contribution in [0.2, 0.25) is 0 Å². The number of rotatable bonds is 3. The predicted molar refractivity (Wildman–Crippen MR) is 73.3 cm³/mol. The molecule has 3 rings (SSSR count). The molecule has 1 heterocycles. The minimum Gasteiger partial charge on any atom is -0.298 e. The molecule has 2 fully saturated rings. The zero-order valence-corrected chi connectivity index (χ0v) is 11.2. The molecule has 1 spiro atoms. The van der Waals surface area contributed by atoms with Gasteiger partial charge in [-0.2, -0.15) is 5.48 Å². The molecule has 2 aliphatic rings. The fourth-order valence-electron chi connectivity index (χ4n) is 3.53. The zero-order valence-electron chi connectivity index (χ0n) is 11.2. The van der Waals surface area contributed by atoms with Gasteiger partial charge in [0, 0.05) is 5.54 Å². The molecule has 2 atom stereocenters. The Morgan fingerprint density at radius 2 is 2.00 bits per heavy atom. The van der Waals surface area contributed by atoms with Crippen molar-refractivity contribution in [2.75, 3.05) is 0 Å². The fraction of sp³-hybridized carbons (Fsp3) is 0.625. The number of benzene rings is 1. The first kappa shape index (κ1) is 12.2. The van der Waals surface area contributed by atoms with Crippen LogP contribution in [0, 0.1) is 0 Å². The quantitative estimate of drug-likeness (QED) is 0.875. The topological polar surface area (TPSA) is 21.3 Å². The van der Waals surface area contributed by atoms with Crippen molar-refractivity contribution in [2.45, 2.75) is 63.0 Å². The largest absolute Gasteiger partial charge is 0.298 e. The van der Waals surface area contributed by atoms with Gasteiger partial charge in [-0.15, -0.1) is 0 Å². The number of hydrogen-bond donors (Lipinski definition) is 1. The standard InChI is InChI=1S/C16H23NO/c1-13(14-7-3-2-4-8-14)11-15-12-16(17-18-15)9-5-6-10-16/h2-4,7-8,13,15,17H,5-6,9-12H2,1H3. The maximum atomic E-state index is 5.83. The van der Waals surface area contributed by atoms with E-state index in [9.17, 15) is 0 Å². The van der Waals surface area contributed by atoms with Crippen LogP contribution < -0.4 is 5.48 Å². The van der Waals surface area contributed by atoms with Crippen LogP contribution in [0.1, 0.15) is 56.9 Å². The second-order valence-corrected chi connectivity index (χ2v) is 6.08. The molecule has 1 aliphatic carbocycles. The van der Waals surface area contributed by atoms with Crippen molar-refractivity contribution < 1.29 is 4.84 Å². The maximum absolute atomic E-state index is 5.83. The Hall–Kier alpha value is -0.860. The van der Waals surface area contributed by atoms with Gasteiger partial charge in [0.1, 0.15) is 0 Å². The molecule has 0 bridgehead atoms. The van der Waals surface area contributed by atoms with E-state index in [4.69, 9.17) is 4.84 Å². The average molecular weight is 245 g/mol. The van der Waals surface area contributed by atoms with Gasteiger partial charge in [0.05, 0.1) is 6.10 Å². The highest BCUT2D eigenvalue weighted by atomic mass is 16.7. The van der Waals surface area contributed by atoms with E-state index in [0.29, 0.717) is 17.6 Å². The van der Waals surface area contributed by atoms with Gasteiger partial charge in [-0.05, 0) is 37.2 Å². The van der Waals surface area contributed by atoms with Gasteiger partial charge in [0.2, 0.25) is 0 Å². The van der Waals surface area contributed by atoms with Crippen molar-refractivity contribution in [2.24, 2.45) is 0 Å². The molecule has 2 nitrogen and oxygen atoms in total. The summed E-state index contributed by atoms with van der Waals surface area (Å²) in [6, 6.07) is 10.8. The lowest BCUT2D eigenvalue weighted by Crippen LogP contribution is -2.35. The summed E-state index contributed by atoms with van der Waals surface area (Å²) in [5, 5.41) is 0. The lowest BCUT2D eigenvalue weighted by molar-refractivity contribution is 0.00648. The summed E-state index contributed by atoms with van der Waals surface area (Å²) in [6.07, 6.45) is 8.02. The Bertz CT molecular complexity index is 383. The molecule has 0 aromatic heterocycles. The van der Waals surface area contributed by atoms with Crippen LogP contribution in [-0.4, -0.2) is 11.6 Å². The third-order valence-electron chi connectivity index (χ3n) is 4.61. The molecule has 1 aliphatic heterocycles. The Balaban J connectivity index is 1.58. The highest BCUT2D eigenvalue weighted by molar-refractivity contribution is 5.19. The Kier molecular flexibility index (Phi) is 3.40. The molecule has 1 N–H and O–H groups in total. The van der Waals surface area contributed by atoms with Crippen molar-refractivity contribution in [3.63, 3.8) is 0 Å². The molecular formula is C16H23NO. The monoisotopic (exact) mass is 245 g/mol. The highest BCUT2D eigenvalue weighted by Gasteiger charge is 2.42. The summed E-state index contributed by atoms with van der Waals surface area (Å²) in [6.45, 7) is 2.30. The second-order valence-electron chi connectivity index (χ2n) is 6.08. The van der Waals surface area contributed by atoms with E-state index in [1.807, 2.05) is 0 Å². The predicted octanol–water partition coefficient (Wildman–Crippen LogP) is 3.79.